The van der Waals surface area contributed by atoms with E-state index in [0.717, 1.165) is 31.3 Å². The zero-order valence-electron chi connectivity index (χ0n) is 14.7. The van der Waals surface area contributed by atoms with Crippen molar-refractivity contribution in [3.05, 3.63) is 34.4 Å². The summed E-state index contributed by atoms with van der Waals surface area (Å²) in [6.07, 6.45) is 7.55. The van der Waals surface area contributed by atoms with Gasteiger partial charge in [0.15, 0.2) is 0 Å². The van der Waals surface area contributed by atoms with Gasteiger partial charge in [0, 0.05) is 12.3 Å². The van der Waals surface area contributed by atoms with Gasteiger partial charge in [0.25, 0.3) is 0 Å². The molecule has 3 aliphatic rings. The van der Waals surface area contributed by atoms with E-state index in [-0.39, 0.29) is 18.0 Å². The quantitative estimate of drug-likeness (QED) is 0.541. The van der Waals surface area contributed by atoms with Crippen LogP contribution in [0.4, 0.5) is 0 Å². The van der Waals surface area contributed by atoms with Crippen molar-refractivity contribution in [3.63, 3.8) is 0 Å². The molecule has 23 heavy (non-hydrogen) atoms. The van der Waals surface area contributed by atoms with Crippen LogP contribution >= 0.6 is 0 Å². The number of carbonyl (C=O) groups excluding carboxylic acids is 1. The van der Waals surface area contributed by atoms with E-state index in [2.05, 4.69) is 26.8 Å². The summed E-state index contributed by atoms with van der Waals surface area (Å²) in [5.41, 5.74) is 4.24. The molecule has 1 heterocycles. The summed E-state index contributed by atoms with van der Waals surface area (Å²) in [5, 5.41) is 11.0. The van der Waals surface area contributed by atoms with E-state index in [4.69, 9.17) is 4.74 Å². The second-order valence-electron chi connectivity index (χ2n) is 7.74. The van der Waals surface area contributed by atoms with E-state index in [0.29, 0.717) is 6.42 Å². The van der Waals surface area contributed by atoms with Crippen LogP contribution in [0.3, 0.4) is 0 Å². The number of esters is 1. The Balaban J connectivity index is 2.14. The van der Waals surface area contributed by atoms with Crippen molar-refractivity contribution in [3.8, 4) is 0 Å². The Morgan fingerprint density at radius 2 is 2.00 bits per heavy atom. The molecule has 0 amide bonds. The highest BCUT2D eigenvalue weighted by Crippen LogP contribution is 2.58. The van der Waals surface area contributed by atoms with Crippen LogP contribution in [0.15, 0.2) is 34.4 Å². The van der Waals surface area contributed by atoms with Gasteiger partial charge in [-0.25, -0.2) is 0 Å². The number of carbonyl (C=O) groups is 1. The lowest BCUT2D eigenvalue weighted by Crippen LogP contribution is -2.41. The van der Waals surface area contributed by atoms with E-state index < -0.39 is 11.5 Å². The molecular formula is C20H28O3. The molecule has 0 spiro atoms. The van der Waals surface area contributed by atoms with E-state index >= 15 is 0 Å². The molecule has 0 aromatic rings. The zero-order chi connectivity index (χ0) is 16.8. The standard InChI is InChI=1S/C20H28O3/c1-12(2)15-8-9-20-17(21)11-14(4)7-5-6-13(3)10-16(18(15)20)23-19(20)22/h6,11,16-18,21H,5,7-10H2,1-4H3/b13-6+,14-11+/t16-,17-,18-,20+/m0/s1. The van der Waals surface area contributed by atoms with Gasteiger partial charge in [0.2, 0.25) is 0 Å². The minimum Gasteiger partial charge on any atom is -0.461 e. The Morgan fingerprint density at radius 1 is 1.26 bits per heavy atom. The third-order valence-electron chi connectivity index (χ3n) is 5.92. The lowest BCUT2D eigenvalue weighted by atomic mass is 9.70. The second kappa shape index (κ2) is 5.94. The molecule has 3 rings (SSSR count). The van der Waals surface area contributed by atoms with Gasteiger partial charge in [-0.15, -0.1) is 0 Å². The Kier molecular flexibility index (Phi) is 4.26. The SMILES string of the molecule is CC(C)=C1CC[C@@]23C(=O)O[C@@H](C/C(C)=C/CC/C(C)=C/[C@@H]2O)[C@H]13. The van der Waals surface area contributed by atoms with E-state index in [1.54, 1.807) is 0 Å². The molecule has 1 aliphatic heterocycles. The molecular weight excluding hydrogens is 288 g/mol. The first-order valence-electron chi connectivity index (χ1n) is 8.74. The van der Waals surface area contributed by atoms with Gasteiger partial charge in [-0.3, -0.25) is 4.79 Å². The van der Waals surface area contributed by atoms with Crippen LogP contribution in [0, 0.1) is 11.3 Å². The molecule has 126 valence electrons. The smallest absolute Gasteiger partial charge is 0.316 e. The average molecular weight is 316 g/mol. The van der Waals surface area contributed by atoms with Gasteiger partial charge in [0.1, 0.15) is 11.5 Å². The highest BCUT2D eigenvalue weighted by molar-refractivity contribution is 5.83. The van der Waals surface area contributed by atoms with Gasteiger partial charge >= 0.3 is 5.97 Å². The van der Waals surface area contributed by atoms with E-state index in [1.807, 2.05) is 13.0 Å². The summed E-state index contributed by atoms with van der Waals surface area (Å²) >= 11 is 0. The maximum absolute atomic E-state index is 12.8. The Hall–Kier alpha value is -1.35. The average Bonchev–Trinajstić information content (AvgIpc) is 2.97. The molecule has 1 N–H and O–H groups in total. The van der Waals surface area contributed by atoms with Crippen LogP contribution < -0.4 is 0 Å². The lowest BCUT2D eigenvalue weighted by molar-refractivity contribution is -0.152. The molecule has 3 heteroatoms. The first-order valence-corrected chi connectivity index (χ1v) is 8.74. The van der Waals surface area contributed by atoms with Crippen molar-refractivity contribution in [1.82, 2.24) is 0 Å². The molecule has 4 atom stereocenters. The van der Waals surface area contributed by atoms with Crippen LogP contribution in [0.25, 0.3) is 0 Å². The summed E-state index contributed by atoms with van der Waals surface area (Å²) in [6.45, 7) is 8.39. The molecule has 2 bridgehead atoms. The minimum absolute atomic E-state index is 0.0144. The van der Waals surface area contributed by atoms with Gasteiger partial charge < -0.3 is 9.84 Å². The summed E-state index contributed by atoms with van der Waals surface area (Å²) in [5.74, 6) is -0.186. The molecule has 0 aromatic heterocycles. The van der Waals surface area contributed by atoms with Crippen LogP contribution in [-0.2, 0) is 9.53 Å². The van der Waals surface area contributed by atoms with Crippen molar-refractivity contribution < 1.29 is 14.6 Å². The molecule has 0 aromatic carbocycles. The fraction of sp³-hybridized carbons (Fsp3) is 0.650. The minimum atomic E-state index is -0.775. The molecule has 0 radical (unpaired) electrons. The van der Waals surface area contributed by atoms with Crippen molar-refractivity contribution in [2.75, 3.05) is 0 Å². The first-order chi connectivity index (χ1) is 10.9. The normalized spacial score (nSPS) is 42.0. The third-order valence-corrected chi connectivity index (χ3v) is 5.92. The number of ether oxygens (including phenoxy) is 1. The third kappa shape index (κ3) is 2.59. The Bertz CT molecular complexity index is 606. The van der Waals surface area contributed by atoms with Gasteiger partial charge in [0.05, 0.1) is 6.10 Å². The maximum atomic E-state index is 12.8. The van der Waals surface area contributed by atoms with Crippen molar-refractivity contribution in [2.45, 2.75) is 72.0 Å². The summed E-state index contributed by atoms with van der Waals surface area (Å²) in [4.78, 5) is 12.8. The first kappa shape index (κ1) is 16.5. The van der Waals surface area contributed by atoms with E-state index in [1.165, 1.54) is 16.7 Å². The number of hydrogen-bond donors (Lipinski definition) is 1. The summed E-state index contributed by atoms with van der Waals surface area (Å²) < 4.78 is 5.81. The largest absolute Gasteiger partial charge is 0.461 e. The molecule has 2 aliphatic carbocycles. The fourth-order valence-electron chi connectivity index (χ4n) is 4.69. The predicted molar refractivity (Wildman–Crippen MR) is 90.8 cm³/mol. The number of aliphatic hydroxyl groups excluding tert-OH is 1. The van der Waals surface area contributed by atoms with Crippen molar-refractivity contribution >= 4 is 5.97 Å². The van der Waals surface area contributed by atoms with Gasteiger partial charge in [-0.1, -0.05) is 34.4 Å². The van der Waals surface area contributed by atoms with E-state index in [9.17, 15) is 9.90 Å². The van der Waals surface area contributed by atoms with Crippen molar-refractivity contribution in [2.24, 2.45) is 11.3 Å². The van der Waals surface area contributed by atoms with Crippen LogP contribution in [0.5, 0.6) is 0 Å². The second-order valence-corrected chi connectivity index (χ2v) is 7.74. The number of hydrogen-bond acceptors (Lipinski definition) is 3. The predicted octanol–water partition coefficient (Wildman–Crippen LogP) is 4.08. The Morgan fingerprint density at radius 3 is 2.70 bits per heavy atom. The van der Waals surface area contributed by atoms with Gasteiger partial charge in [-0.2, -0.15) is 0 Å². The highest BCUT2D eigenvalue weighted by atomic mass is 16.6. The Labute approximate surface area is 139 Å². The number of allylic oxidation sites excluding steroid dienone is 3. The van der Waals surface area contributed by atoms with Crippen LogP contribution in [-0.4, -0.2) is 23.3 Å². The highest BCUT2D eigenvalue weighted by Gasteiger charge is 2.64. The fourth-order valence-corrected chi connectivity index (χ4v) is 4.69. The monoisotopic (exact) mass is 316 g/mol. The maximum Gasteiger partial charge on any atom is 0.316 e. The molecule has 3 nitrogen and oxygen atoms in total. The topological polar surface area (TPSA) is 46.5 Å². The molecule has 1 saturated heterocycles. The summed E-state index contributed by atoms with van der Waals surface area (Å²) in [7, 11) is 0. The molecule has 2 fully saturated rings. The van der Waals surface area contributed by atoms with Crippen molar-refractivity contribution in [1.29, 1.82) is 0 Å². The summed E-state index contributed by atoms with van der Waals surface area (Å²) in [6, 6.07) is 0. The van der Waals surface area contributed by atoms with Gasteiger partial charge in [-0.05, 0) is 53.4 Å². The molecule has 1 saturated carbocycles. The lowest BCUT2D eigenvalue weighted by Gasteiger charge is -2.30. The zero-order valence-corrected chi connectivity index (χ0v) is 14.7. The molecule has 0 unspecified atom stereocenters. The number of aliphatic hydroxyl groups is 1. The van der Waals surface area contributed by atoms with Crippen LogP contribution in [0.2, 0.25) is 0 Å². The van der Waals surface area contributed by atoms with Crippen LogP contribution in [0.1, 0.15) is 59.8 Å². The number of rotatable bonds is 0.